The lowest BCUT2D eigenvalue weighted by atomic mass is 10.2. The Morgan fingerprint density at radius 2 is 1.92 bits per heavy atom. The van der Waals surface area contributed by atoms with Crippen LogP contribution in [0.25, 0.3) is 0 Å². The summed E-state index contributed by atoms with van der Waals surface area (Å²) in [6.07, 6.45) is 0.832. The minimum absolute atomic E-state index is 0.213. The van der Waals surface area contributed by atoms with Gasteiger partial charge in [0.2, 0.25) is 5.96 Å². The largest absolute Gasteiger partial charge is 0.316 e. The molecule has 0 aromatic heterocycles. The van der Waals surface area contributed by atoms with Crippen LogP contribution in [0.5, 0.6) is 0 Å². The van der Waals surface area contributed by atoms with E-state index in [9.17, 15) is 9.59 Å². The average molecular weight is 181 g/mol. The molecule has 1 heterocycles. The SMILES string of the molecule is C=C(CC)CN=C1NC(=O)C(=O)N1. The van der Waals surface area contributed by atoms with Gasteiger partial charge < -0.3 is 0 Å². The van der Waals surface area contributed by atoms with Crippen LogP contribution in [0.4, 0.5) is 0 Å². The predicted octanol–water partition coefficient (Wildman–Crippen LogP) is -0.445. The molecule has 0 unspecified atom stereocenters. The molecule has 0 radical (unpaired) electrons. The third-order valence-corrected chi connectivity index (χ3v) is 1.63. The molecular formula is C8H11N3O2. The van der Waals surface area contributed by atoms with Crippen molar-refractivity contribution in [1.82, 2.24) is 10.6 Å². The van der Waals surface area contributed by atoms with Crippen molar-refractivity contribution in [3.63, 3.8) is 0 Å². The number of carbonyl (C=O) groups excluding carboxylic acids is 2. The predicted molar refractivity (Wildman–Crippen MR) is 48.0 cm³/mol. The molecule has 0 aromatic carbocycles. The summed E-state index contributed by atoms with van der Waals surface area (Å²) in [6, 6.07) is 0. The van der Waals surface area contributed by atoms with Crippen LogP contribution < -0.4 is 10.6 Å². The zero-order chi connectivity index (χ0) is 9.84. The number of guanidine groups is 1. The molecule has 0 aliphatic carbocycles. The van der Waals surface area contributed by atoms with Crippen molar-refractivity contribution in [1.29, 1.82) is 0 Å². The van der Waals surface area contributed by atoms with E-state index in [1.165, 1.54) is 0 Å². The van der Waals surface area contributed by atoms with Gasteiger partial charge in [-0.05, 0) is 6.42 Å². The Morgan fingerprint density at radius 3 is 2.38 bits per heavy atom. The second-order valence-electron chi connectivity index (χ2n) is 2.68. The first kappa shape index (κ1) is 9.44. The average Bonchev–Trinajstić information content (AvgIpc) is 2.42. The fraction of sp³-hybridized carbons (Fsp3) is 0.375. The molecule has 0 bridgehead atoms. The minimum Gasteiger partial charge on any atom is -0.288 e. The molecule has 1 aliphatic rings. The monoisotopic (exact) mass is 181 g/mol. The Bertz CT molecular complexity index is 276. The fourth-order valence-corrected chi connectivity index (χ4v) is 0.742. The zero-order valence-electron chi connectivity index (χ0n) is 7.39. The van der Waals surface area contributed by atoms with Crippen molar-refractivity contribution in [2.24, 2.45) is 4.99 Å². The highest BCUT2D eigenvalue weighted by Gasteiger charge is 2.24. The normalized spacial score (nSPS) is 15.3. The van der Waals surface area contributed by atoms with E-state index < -0.39 is 11.8 Å². The molecule has 0 spiro atoms. The highest BCUT2D eigenvalue weighted by Crippen LogP contribution is 1.96. The van der Waals surface area contributed by atoms with Gasteiger partial charge in [0.25, 0.3) is 0 Å². The van der Waals surface area contributed by atoms with Gasteiger partial charge in [0.15, 0.2) is 0 Å². The third kappa shape index (κ3) is 2.40. The van der Waals surface area contributed by atoms with Crippen LogP contribution >= 0.6 is 0 Å². The summed E-state index contributed by atoms with van der Waals surface area (Å²) in [6.45, 7) is 6.13. The molecular weight excluding hydrogens is 170 g/mol. The van der Waals surface area contributed by atoms with Crippen molar-refractivity contribution in [2.75, 3.05) is 6.54 Å². The van der Waals surface area contributed by atoms with E-state index in [1.54, 1.807) is 0 Å². The number of nitrogens with zero attached hydrogens (tertiary/aromatic N) is 1. The zero-order valence-corrected chi connectivity index (χ0v) is 7.39. The van der Waals surface area contributed by atoms with Crippen LogP contribution in [0, 0.1) is 0 Å². The van der Waals surface area contributed by atoms with Gasteiger partial charge in [-0.3, -0.25) is 20.2 Å². The number of amides is 2. The molecule has 70 valence electrons. The summed E-state index contributed by atoms with van der Waals surface area (Å²) in [4.78, 5) is 25.3. The maximum Gasteiger partial charge on any atom is 0.316 e. The smallest absolute Gasteiger partial charge is 0.288 e. The molecule has 1 rings (SSSR count). The van der Waals surface area contributed by atoms with E-state index in [-0.39, 0.29) is 5.96 Å². The molecule has 2 amide bonds. The standard InChI is InChI=1S/C8H11N3O2/c1-3-5(2)4-9-8-10-6(12)7(13)11-8/h2-4H2,1H3,(H2,9,10,11,12,13). The Morgan fingerprint density at radius 1 is 1.38 bits per heavy atom. The van der Waals surface area contributed by atoms with Gasteiger partial charge in [-0.25, -0.2) is 4.99 Å². The summed E-state index contributed by atoms with van der Waals surface area (Å²) in [5.41, 5.74) is 0.947. The molecule has 1 saturated heterocycles. The topological polar surface area (TPSA) is 70.6 Å². The molecule has 1 aliphatic heterocycles. The molecule has 1 fully saturated rings. The first-order chi connectivity index (χ1) is 6.13. The van der Waals surface area contributed by atoms with Crippen LogP contribution in [-0.2, 0) is 9.59 Å². The third-order valence-electron chi connectivity index (χ3n) is 1.63. The molecule has 13 heavy (non-hydrogen) atoms. The van der Waals surface area contributed by atoms with Gasteiger partial charge in [-0.15, -0.1) is 0 Å². The van der Waals surface area contributed by atoms with Crippen molar-refractivity contribution in [2.45, 2.75) is 13.3 Å². The molecule has 2 N–H and O–H groups in total. The number of nitrogens with one attached hydrogen (secondary N) is 2. The second kappa shape index (κ2) is 3.84. The van der Waals surface area contributed by atoms with Crippen LogP contribution in [-0.4, -0.2) is 24.3 Å². The lowest BCUT2D eigenvalue weighted by molar-refractivity contribution is -0.135. The van der Waals surface area contributed by atoms with Gasteiger partial charge in [0.1, 0.15) is 0 Å². The Kier molecular flexibility index (Phi) is 2.79. The summed E-state index contributed by atoms with van der Waals surface area (Å²) >= 11 is 0. The summed E-state index contributed by atoms with van der Waals surface area (Å²) in [5.74, 6) is -1.12. The minimum atomic E-state index is -0.666. The number of hydrogen-bond acceptors (Lipinski definition) is 3. The molecule has 5 nitrogen and oxygen atoms in total. The Hall–Kier alpha value is -1.65. The second-order valence-corrected chi connectivity index (χ2v) is 2.68. The molecule has 5 heteroatoms. The molecule has 0 atom stereocenters. The Balaban J connectivity index is 2.50. The first-order valence-corrected chi connectivity index (χ1v) is 3.97. The van der Waals surface area contributed by atoms with Crippen LogP contribution in [0.15, 0.2) is 17.1 Å². The lowest BCUT2D eigenvalue weighted by Crippen LogP contribution is -2.25. The van der Waals surface area contributed by atoms with Crippen LogP contribution in [0.3, 0.4) is 0 Å². The number of aliphatic imine (C=N–C) groups is 1. The van der Waals surface area contributed by atoms with Crippen LogP contribution in [0.2, 0.25) is 0 Å². The quantitative estimate of drug-likeness (QED) is 0.457. The van der Waals surface area contributed by atoms with E-state index >= 15 is 0 Å². The number of rotatable bonds is 3. The van der Waals surface area contributed by atoms with Gasteiger partial charge in [-0.2, -0.15) is 0 Å². The van der Waals surface area contributed by atoms with E-state index in [4.69, 9.17) is 0 Å². The van der Waals surface area contributed by atoms with Gasteiger partial charge in [-0.1, -0.05) is 19.1 Å². The van der Waals surface area contributed by atoms with Crippen molar-refractivity contribution in [3.8, 4) is 0 Å². The Labute approximate surface area is 75.9 Å². The van der Waals surface area contributed by atoms with E-state index in [0.29, 0.717) is 6.54 Å². The lowest BCUT2D eigenvalue weighted by Gasteiger charge is -1.97. The summed E-state index contributed by atoms with van der Waals surface area (Å²) < 4.78 is 0. The van der Waals surface area contributed by atoms with E-state index in [2.05, 4.69) is 22.2 Å². The van der Waals surface area contributed by atoms with Gasteiger partial charge >= 0.3 is 11.8 Å². The molecule has 0 aromatic rings. The summed E-state index contributed by atoms with van der Waals surface area (Å²) in [7, 11) is 0. The van der Waals surface area contributed by atoms with Crippen molar-refractivity contribution in [3.05, 3.63) is 12.2 Å². The van der Waals surface area contributed by atoms with Crippen LogP contribution in [0.1, 0.15) is 13.3 Å². The summed E-state index contributed by atoms with van der Waals surface area (Å²) in [5, 5.41) is 4.58. The molecule has 0 saturated carbocycles. The van der Waals surface area contributed by atoms with Crippen molar-refractivity contribution >= 4 is 17.8 Å². The van der Waals surface area contributed by atoms with Crippen molar-refractivity contribution < 1.29 is 9.59 Å². The highest BCUT2D eigenvalue weighted by atomic mass is 16.2. The maximum absolute atomic E-state index is 10.7. The first-order valence-electron chi connectivity index (χ1n) is 3.97. The maximum atomic E-state index is 10.7. The van der Waals surface area contributed by atoms with E-state index in [1.807, 2.05) is 6.92 Å². The fourth-order valence-electron chi connectivity index (χ4n) is 0.742. The van der Waals surface area contributed by atoms with E-state index in [0.717, 1.165) is 12.0 Å². The number of carbonyl (C=O) groups is 2. The van der Waals surface area contributed by atoms with Gasteiger partial charge in [0.05, 0.1) is 6.54 Å². The highest BCUT2D eigenvalue weighted by molar-refractivity contribution is 6.45. The number of hydrogen-bond donors (Lipinski definition) is 2. The van der Waals surface area contributed by atoms with Gasteiger partial charge in [0, 0.05) is 0 Å².